The largest absolute Gasteiger partial charge is 0.382 e. The molecule has 1 aliphatic rings. The number of aromatic nitrogens is 4. The standard InChI is InChI=1S/C31H54N5O4PSSi/c1-27(23-36-25-35-29-30(32)33-24-34-31(29)36)39-26-41(37,38)40-19-16-21-42-20-14-9-7-5-4-6-8-10-15-22-43(2,3)28-17-12-11-13-18-28/h24-25,27-28H,4-14,16-21,23,26H2,1-3H3,(H,37,38)(H2,32,33,34)/t27-/m1/s1. The quantitative estimate of drug-likeness (QED) is 0.0638. The number of anilines is 1. The average molecular weight is 652 g/mol. The van der Waals surface area contributed by atoms with Crippen LogP contribution < -0.4 is 5.73 Å². The van der Waals surface area contributed by atoms with Gasteiger partial charge in [-0.1, -0.05) is 77.3 Å². The number of ether oxygens (including phenoxy) is 1. The number of hydrogen-bond donors (Lipinski definition) is 2. The summed E-state index contributed by atoms with van der Waals surface area (Å²) in [7, 11) is -5.15. The number of unbranched alkanes of at least 4 members (excludes halogenated alkanes) is 7. The number of nitrogens with zero attached hydrogens (tertiary/aromatic N) is 4. The van der Waals surface area contributed by atoms with Crippen molar-refractivity contribution in [2.75, 3.05) is 30.2 Å². The molecule has 3 rings (SSSR count). The van der Waals surface area contributed by atoms with Crippen molar-refractivity contribution in [3.8, 4) is 11.5 Å². The highest BCUT2D eigenvalue weighted by Crippen LogP contribution is 2.42. The van der Waals surface area contributed by atoms with E-state index in [1.165, 1.54) is 83.4 Å². The Bertz CT molecular complexity index is 1200. The molecule has 9 nitrogen and oxygen atoms in total. The first-order chi connectivity index (χ1) is 20.7. The van der Waals surface area contributed by atoms with Crippen molar-refractivity contribution in [3.05, 3.63) is 12.7 Å². The SMILES string of the molecule is C[C@H](Cn1cnc2c(N)ncnc21)OCP(=O)(O)OCCCSCCCCCCCCCC#C[Si](C)(C)C1CCCCC1. The predicted octanol–water partition coefficient (Wildman–Crippen LogP) is 7.80. The second-order valence-electron chi connectivity index (χ2n) is 12.5. The van der Waals surface area contributed by atoms with Gasteiger partial charge in [0.05, 0.1) is 25.6 Å². The second kappa shape index (κ2) is 19.2. The molecule has 0 amide bonds. The highest BCUT2D eigenvalue weighted by atomic mass is 32.2. The summed E-state index contributed by atoms with van der Waals surface area (Å²) in [5.41, 5.74) is 11.6. The van der Waals surface area contributed by atoms with Crippen LogP contribution in [0.1, 0.15) is 96.8 Å². The molecule has 12 heteroatoms. The van der Waals surface area contributed by atoms with Crippen LogP contribution in [0.25, 0.3) is 11.2 Å². The number of hydrogen-bond acceptors (Lipinski definition) is 8. The fourth-order valence-corrected chi connectivity index (χ4v) is 10.1. The van der Waals surface area contributed by atoms with E-state index in [-0.39, 0.29) is 19.1 Å². The van der Waals surface area contributed by atoms with Crippen LogP contribution in [0.2, 0.25) is 18.6 Å². The maximum absolute atomic E-state index is 12.4. The van der Waals surface area contributed by atoms with Gasteiger partial charge >= 0.3 is 7.60 Å². The van der Waals surface area contributed by atoms with E-state index in [1.54, 1.807) is 10.9 Å². The molecule has 43 heavy (non-hydrogen) atoms. The molecular weight excluding hydrogens is 597 g/mol. The Morgan fingerprint density at radius 3 is 2.53 bits per heavy atom. The molecule has 1 saturated carbocycles. The second-order valence-corrected chi connectivity index (χ2v) is 20.0. The molecule has 0 radical (unpaired) electrons. The van der Waals surface area contributed by atoms with Crippen molar-refractivity contribution in [3.63, 3.8) is 0 Å². The van der Waals surface area contributed by atoms with E-state index < -0.39 is 15.7 Å². The first kappa shape index (κ1) is 36.1. The lowest BCUT2D eigenvalue weighted by molar-refractivity contribution is 0.0718. The lowest BCUT2D eigenvalue weighted by Gasteiger charge is -2.31. The number of fused-ring (bicyclic) bond motifs is 1. The van der Waals surface area contributed by atoms with Gasteiger partial charge in [-0.3, -0.25) is 4.57 Å². The molecule has 2 aromatic rings. The van der Waals surface area contributed by atoms with Crippen molar-refractivity contribution in [2.45, 2.75) is 128 Å². The summed E-state index contributed by atoms with van der Waals surface area (Å²) in [6.07, 6.45) is 20.3. The molecule has 1 unspecified atom stereocenters. The normalized spacial score (nSPS) is 16.6. The fraction of sp³-hybridized carbons (Fsp3) is 0.774. The summed E-state index contributed by atoms with van der Waals surface area (Å²) in [6.45, 7) is 7.46. The Balaban J connectivity index is 1.11. The van der Waals surface area contributed by atoms with E-state index in [0.717, 1.165) is 29.9 Å². The van der Waals surface area contributed by atoms with E-state index >= 15 is 0 Å². The van der Waals surface area contributed by atoms with E-state index in [1.807, 2.05) is 18.7 Å². The molecule has 242 valence electrons. The third kappa shape index (κ3) is 13.6. The minimum absolute atomic E-state index is 0.255. The van der Waals surface area contributed by atoms with Gasteiger partial charge in [-0.2, -0.15) is 11.8 Å². The smallest absolute Gasteiger partial charge is 0.353 e. The van der Waals surface area contributed by atoms with Gasteiger partial charge in [0.15, 0.2) is 11.5 Å². The average Bonchev–Trinajstić information content (AvgIpc) is 3.40. The number of rotatable bonds is 20. The Hall–Kier alpha value is -1.41. The van der Waals surface area contributed by atoms with Crippen molar-refractivity contribution in [2.24, 2.45) is 0 Å². The van der Waals surface area contributed by atoms with Gasteiger partial charge in [0, 0.05) is 6.42 Å². The lowest BCUT2D eigenvalue weighted by Crippen LogP contribution is -2.32. The molecule has 0 aromatic carbocycles. The third-order valence-corrected chi connectivity index (χ3v) is 13.9. The van der Waals surface area contributed by atoms with Gasteiger partial charge in [-0.05, 0) is 43.2 Å². The lowest BCUT2D eigenvalue weighted by atomic mass is 10.0. The van der Waals surface area contributed by atoms with Crippen LogP contribution in [0.5, 0.6) is 0 Å². The number of thioether (sulfide) groups is 1. The summed E-state index contributed by atoms with van der Waals surface area (Å²) in [4.78, 5) is 22.5. The highest BCUT2D eigenvalue weighted by Gasteiger charge is 2.31. The summed E-state index contributed by atoms with van der Waals surface area (Å²) in [5, 5.41) is 0. The van der Waals surface area contributed by atoms with Crippen LogP contribution >= 0.6 is 19.4 Å². The first-order valence-corrected chi connectivity index (χ1v) is 22.2. The zero-order chi connectivity index (χ0) is 31.0. The number of nitrogen functional groups attached to an aromatic ring is 1. The van der Waals surface area contributed by atoms with E-state index in [0.29, 0.717) is 23.5 Å². The Morgan fingerprint density at radius 1 is 1.07 bits per heavy atom. The maximum atomic E-state index is 12.4. The molecule has 3 N–H and O–H groups in total. The van der Waals surface area contributed by atoms with Gasteiger partial charge in [0.1, 0.15) is 26.3 Å². The topological polar surface area (TPSA) is 125 Å². The Morgan fingerprint density at radius 2 is 1.77 bits per heavy atom. The molecular formula is C31H54N5O4PSSi. The highest BCUT2D eigenvalue weighted by molar-refractivity contribution is 7.99. The van der Waals surface area contributed by atoms with Crippen LogP contribution in [0.4, 0.5) is 5.82 Å². The Kier molecular flexibility index (Phi) is 16.1. The van der Waals surface area contributed by atoms with Gasteiger partial charge < -0.3 is 24.5 Å². The van der Waals surface area contributed by atoms with E-state index in [2.05, 4.69) is 39.5 Å². The van der Waals surface area contributed by atoms with Crippen LogP contribution in [0, 0.1) is 11.5 Å². The van der Waals surface area contributed by atoms with Gasteiger partial charge in [-0.25, -0.2) is 15.0 Å². The molecule has 0 aliphatic heterocycles. The van der Waals surface area contributed by atoms with Gasteiger partial charge in [-0.15, -0.1) is 11.5 Å². The van der Waals surface area contributed by atoms with E-state index in [4.69, 9.17) is 15.0 Å². The van der Waals surface area contributed by atoms with Crippen LogP contribution in [-0.2, 0) is 20.4 Å². The van der Waals surface area contributed by atoms with Gasteiger partial charge in [0.2, 0.25) is 0 Å². The molecule has 0 bridgehead atoms. The summed E-state index contributed by atoms with van der Waals surface area (Å²) < 4.78 is 25.0. The minimum atomic E-state index is -3.80. The third-order valence-electron chi connectivity index (χ3n) is 8.26. The summed E-state index contributed by atoms with van der Waals surface area (Å²) in [6, 6.07) is 0. The van der Waals surface area contributed by atoms with Crippen molar-refractivity contribution in [1.29, 1.82) is 0 Å². The molecule has 1 aliphatic carbocycles. The molecule has 0 saturated heterocycles. The zero-order valence-electron chi connectivity index (χ0n) is 26.6. The zero-order valence-corrected chi connectivity index (χ0v) is 29.3. The predicted molar refractivity (Wildman–Crippen MR) is 182 cm³/mol. The van der Waals surface area contributed by atoms with E-state index in [9.17, 15) is 9.46 Å². The molecule has 2 atom stereocenters. The van der Waals surface area contributed by atoms with Crippen LogP contribution in [-0.4, -0.2) is 63.1 Å². The molecule has 2 heterocycles. The van der Waals surface area contributed by atoms with Gasteiger partial charge in [0.25, 0.3) is 0 Å². The van der Waals surface area contributed by atoms with Crippen LogP contribution in [0.15, 0.2) is 12.7 Å². The van der Waals surface area contributed by atoms with Crippen molar-refractivity contribution >= 4 is 44.4 Å². The maximum Gasteiger partial charge on any atom is 0.353 e. The number of nitrogens with two attached hydrogens (primary N) is 1. The summed E-state index contributed by atoms with van der Waals surface area (Å²) in [5.74, 6) is 5.93. The van der Waals surface area contributed by atoms with Crippen molar-refractivity contribution in [1.82, 2.24) is 19.5 Å². The number of imidazole rings is 1. The molecule has 1 fully saturated rings. The monoisotopic (exact) mass is 651 g/mol. The minimum Gasteiger partial charge on any atom is -0.382 e. The Labute approximate surface area is 264 Å². The molecule has 2 aromatic heterocycles. The van der Waals surface area contributed by atoms with Crippen LogP contribution in [0.3, 0.4) is 0 Å². The van der Waals surface area contributed by atoms with Crippen molar-refractivity contribution < 1.29 is 18.7 Å². The first-order valence-electron chi connectivity index (χ1n) is 16.2. The summed E-state index contributed by atoms with van der Waals surface area (Å²) >= 11 is 1.89. The molecule has 0 spiro atoms. The fourth-order valence-electron chi connectivity index (χ4n) is 5.61.